The van der Waals surface area contributed by atoms with Gasteiger partial charge in [-0.1, -0.05) is 119 Å². The average molecular weight is 502 g/mol. The van der Waals surface area contributed by atoms with Crippen LogP contribution in [-0.4, -0.2) is 23.0 Å². The van der Waals surface area contributed by atoms with Gasteiger partial charge in [0, 0.05) is 19.5 Å². The van der Waals surface area contributed by atoms with Gasteiger partial charge in [-0.25, -0.2) is 0 Å². The molecule has 0 radical (unpaired) electrons. The molecule has 0 aliphatic carbocycles. The monoisotopic (exact) mass is 501 g/mol. The summed E-state index contributed by atoms with van der Waals surface area (Å²) >= 11 is 0. The number of hydrogen-bond donors (Lipinski definition) is 1. The lowest BCUT2D eigenvalue weighted by Crippen LogP contribution is -2.17. The highest BCUT2D eigenvalue weighted by molar-refractivity contribution is 5.85. The number of allylic oxidation sites excluding steroid dienone is 1. The quantitative estimate of drug-likeness (QED) is 0.187. The Labute approximate surface area is 225 Å². The topological polar surface area (TPSA) is 40.5 Å². The summed E-state index contributed by atoms with van der Waals surface area (Å²) in [5.74, 6) is -0.674. The number of nitrogens with zero attached hydrogens (tertiary/aromatic N) is 1. The molecule has 0 aromatic heterocycles. The average Bonchev–Trinajstić information content (AvgIpc) is 2.86. The number of aliphatic carboxylic acids is 1. The molecule has 1 N–H and O–H groups in total. The third-order valence-electron chi connectivity index (χ3n) is 6.64. The number of unbranched alkanes of at least 4 members (excludes halogenated alkanes) is 6. The Bertz CT molecular complexity index is 1070. The number of carbonyl (C=O) groups is 1. The highest BCUT2D eigenvalue weighted by Crippen LogP contribution is 2.23. The van der Waals surface area contributed by atoms with Crippen molar-refractivity contribution in [3.63, 3.8) is 0 Å². The van der Waals surface area contributed by atoms with Gasteiger partial charge in [-0.3, -0.25) is 9.69 Å². The van der Waals surface area contributed by atoms with Gasteiger partial charge in [0.15, 0.2) is 0 Å². The van der Waals surface area contributed by atoms with Crippen molar-refractivity contribution in [2.75, 3.05) is 7.05 Å². The van der Waals surface area contributed by atoms with E-state index in [2.05, 4.69) is 106 Å². The van der Waals surface area contributed by atoms with Crippen LogP contribution >= 0.6 is 0 Å². The molecule has 0 spiro atoms. The second kappa shape index (κ2) is 16.0. The maximum Gasteiger partial charge on any atom is 0.303 e. The van der Waals surface area contributed by atoms with Crippen molar-refractivity contribution in [3.05, 3.63) is 96.1 Å². The fraction of sp³-hybridized carbons (Fsp3) is 0.441. The molecule has 0 amide bonds. The first-order chi connectivity index (χ1) is 17.7. The van der Waals surface area contributed by atoms with E-state index in [1.54, 1.807) is 0 Å². The van der Waals surface area contributed by atoms with Crippen LogP contribution in [0, 0.1) is 0 Å². The van der Waals surface area contributed by atoms with Gasteiger partial charge in [0.2, 0.25) is 0 Å². The van der Waals surface area contributed by atoms with E-state index in [0.29, 0.717) is 6.42 Å². The number of fused-ring (bicyclic) bond motifs is 1. The van der Waals surface area contributed by atoms with Gasteiger partial charge in [-0.05, 0) is 59.2 Å². The summed E-state index contributed by atoms with van der Waals surface area (Å²) in [6, 6.07) is 24.3. The van der Waals surface area contributed by atoms with Gasteiger partial charge in [0.1, 0.15) is 0 Å². The van der Waals surface area contributed by atoms with E-state index in [4.69, 9.17) is 5.11 Å². The predicted octanol–water partition coefficient (Wildman–Crippen LogP) is 9.15. The van der Waals surface area contributed by atoms with Crippen molar-refractivity contribution in [1.82, 2.24) is 4.90 Å². The van der Waals surface area contributed by atoms with Gasteiger partial charge in [0.25, 0.3) is 0 Å². The molecule has 3 heteroatoms. The van der Waals surface area contributed by atoms with Crippen LogP contribution in [0.3, 0.4) is 0 Å². The minimum atomic E-state index is -0.674. The number of carboxylic acids is 1. The standard InChI is InChI=1S/C23H27N.C11H20O2/c1-23(2,3)21-14-12-18(13-15-21)16-24(4)17-20-10-7-9-19-8-5-6-11-22(19)20;1-2-3-4-5-6-7-8-9-10-11(12)13/h5-15H,16-17H2,1-4H3;2H,1,3-10H2,(H,12,13). The normalized spacial score (nSPS) is 11.3. The van der Waals surface area contributed by atoms with Crippen LogP contribution < -0.4 is 0 Å². The molecule has 0 saturated heterocycles. The summed E-state index contributed by atoms with van der Waals surface area (Å²) in [7, 11) is 2.19. The van der Waals surface area contributed by atoms with E-state index in [0.717, 1.165) is 32.4 Å². The van der Waals surface area contributed by atoms with Crippen LogP contribution in [-0.2, 0) is 23.3 Å². The molecule has 3 nitrogen and oxygen atoms in total. The van der Waals surface area contributed by atoms with Gasteiger partial charge < -0.3 is 5.11 Å². The van der Waals surface area contributed by atoms with Crippen molar-refractivity contribution in [2.24, 2.45) is 0 Å². The highest BCUT2D eigenvalue weighted by Gasteiger charge is 2.13. The lowest BCUT2D eigenvalue weighted by Gasteiger charge is -2.21. The van der Waals surface area contributed by atoms with Gasteiger partial charge >= 0.3 is 5.97 Å². The van der Waals surface area contributed by atoms with E-state index in [9.17, 15) is 4.79 Å². The summed E-state index contributed by atoms with van der Waals surface area (Å²) < 4.78 is 0. The van der Waals surface area contributed by atoms with E-state index in [1.807, 2.05) is 6.08 Å². The van der Waals surface area contributed by atoms with E-state index < -0.39 is 5.97 Å². The predicted molar refractivity (Wildman–Crippen MR) is 159 cm³/mol. The van der Waals surface area contributed by atoms with Crippen LogP contribution in [0.25, 0.3) is 10.8 Å². The third kappa shape index (κ3) is 11.8. The number of carboxylic acid groups (broad SMARTS) is 1. The zero-order valence-corrected chi connectivity index (χ0v) is 23.5. The van der Waals surface area contributed by atoms with E-state index >= 15 is 0 Å². The highest BCUT2D eigenvalue weighted by atomic mass is 16.4. The Morgan fingerprint density at radius 3 is 2.11 bits per heavy atom. The molecule has 0 saturated carbocycles. The minimum absolute atomic E-state index is 0.216. The molecule has 3 aromatic carbocycles. The Balaban J connectivity index is 0.000000317. The maximum atomic E-state index is 10.2. The zero-order valence-electron chi connectivity index (χ0n) is 23.5. The van der Waals surface area contributed by atoms with Crippen molar-refractivity contribution < 1.29 is 9.90 Å². The molecule has 0 bridgehead atoms. The summed E-state index contributed by atoms with van der Waals surface area (Å²) in [5, 5.41) is 11.0. The lowest BCUT2D eigenvalue weighted by atomic mass is 9.87. The Morgan fingerprint density at radius 2 is 1.46 bits per heavy atom. The largest absolute Gasteiger partial charge is 0.481 e. The van der Waals surface area contributed by atoms with Gasteiger partial charge in [0.05, 0.1) is 0 Å². The molecule has 200 valence electrons. The molecule has 0 heterocycles. The van der Waals surface area contributed by atoms with Crippen molar-refractivity contribution in [2.45, 2.75) is 90.6 Å². The van der Waals surface area contributed by atoms with Crippen molar-refractivity contribution in [1.29, 1.82) is 0 Å². The summed E-state index contributed by atoms with van der Waals surface area (Å²) in [6.07, 6.45) is 10.1. The molecule has 0 aliphatic rings. The Hall–Kier alpha value is -2.91. The van der Waals surface area contributed by atoms with Crippen LogP contribution in [0.1, 0.15) is 88.8 Å². The fourth-order valence-electron chi connectivity index (χ4n) is 4.47. The van der Waals surface area contributed by atoms with E-state index in [1.165, 1.54) is 53.1 Å². The Morgan fingerprint density at radius 1 is 0.838 bits per heavy atom. The molecule has 0 fully saturated rings. The second-order valence-electron chi connectivity index (χ2n) is 11.1. The molecular weight excluding hydrogens is 454 g/mol. The van der Waals surface area contributed by atoms with Crippen LogP contribution in [0.15, 0.2) is 79.4 Å². The first-order valence-electron chi connectivity index (χ1n) is 13.8. The fourth-order valence-corrected chi connectivity index (χ4v) is 4.47. The van der Waals surface area contributed by atoms with Crippen LogP contribution in [0.5, 0.6) is 0 Å². The number of hydrogen-bond acceptors (Lipinski definition) is 2. The summed E-state index contributed by atoms with van der Waals surface area (Å²) in [4.78, 5) is 12.5. The molecule has 3 rings (SSSR count). The van der Waals surface area contributed by atoms with Gasteiger partial charge in [-0.15, -0.1) is 6.58 Å². The van der Waals surface area contributed by atoms with Crippen molar-refractivity contribution >= 4 is 16.7 Å². The SMILES string of the molecule is C=CCCCCCCCCC(=O)O.CN(Cc1ccc(C(C)(C)C)cc1)Cc1cccc2ccccc12. The number of benzene rings is 3. The maximum absolute atomic E-state index is 10.2. The second-order valence-corrected chi connectivity index (χ2v) is 11.1. The molecular formula is C34H47NO2. The first-order valence-corrected chi connectivity index (χ1v) is 13.8. The first kappa shape index (κ1) is 30.3. The molecule has 0 unspecified atom stereocenters. The van der Waals surface area contributed by atoms with E-state index in [-0.39, 0.29) is 5.41 Å². The lowest BCUT2D eigenvalue weighted by molar-refractivity contribution is -0.137. The third-order valence-corrected chi connectivity index (χ3v) is 6.64. The molecule has 0 atom stereocenters. The summed E-state index contributed by atoms with van der Waals surface area (Å²) in [6.45, 7) is 12.4. The summed E-state index contributed by atoms with van der Waals surface area (Å²) in [5.41, 5.74) is 4.36. The number of rotatable bonds is 13. The van der Waals surface area contributed by atoms with Crippen LogP contribution in [0.4, 0.5) is 0 Å². The van der Waals surface area contributed by atoms with Crippen molar-refractivity contribution in [3.8, 4) is 0 Å². The molecule has 3 aromatic rings. The van der Waals surface area contributed by atoms with Crippen LogP contribution in [0.2, 0.25) is 0 Å². The zero-order chi connectivity index (χ0) is 27.1. The Kier molecular flexibility index (Phi) is 13.1. The smallest absolute Gasteiger partial charge is 0.303 e. The minimum Gasteiger partial charge on any atom is -0.481 e. The molecule has 37 heavy (non-hydrogen) atoms. The van der Waals surface area contributed by atoms with Gasteiger partial charge in [-0.2, -0.15) is 0 Å². The molecule has 0 aliphatic heterocycles.